The van der Waals surface area contributed by atoms with Crippen molar-refractivity contribution in [3.8, 4) is 23.0 Å². The molecule has 6 aromatic rings. The first-order valence-electron chi connectivity index (χ1n) is 19.0. The highest BCUT2D eigenvalue weighted by molar-refractivity contribution is 7.87. The molecule has 23 heteroatoms. The highest BCUT2D eigenvalue weighted by atomic mass is 32.2. The molecule has 63 heavy (non-hydrogen) atoms. The lowest BCUT2D eigenvalue weighted by atomic mass is 10.1. The van der Waals surface area contributed by atoms with Crippen LogP contribution in [0.1, 0.15) is 22.3 Å². The predicted octanol–water partition coefficient (Wildman–Crippen LogP) is 3.05. The molecule has 10 rings (SSSR count). The van der Waals surface area contributed by atoms with E-state index in [4.69, 9.17) is 56.6 Å². The van der Waals surface area contributed by atoms with E-state index in [1.54, 1.807) is 72.8 Å². The predicted molar refractivity (Wildman–Crippen MR) is 235 cm³/mol. The van der Waals surface area contributed by atoms with Gasteiger partial charge in [-0.25, -0.2) is 37.7 Å². The molecular formula is C40H36N10O10S2Si. The Kier molecular flexibility index (Phi) is 9.13. The van der Waals surface area contributed by atoms with Crippen LogP contribution in [0.15, 0.2) is 103 Å². The first-order valence-corrected chi connectivity index (χ1v) is 23.4. The van der Waals surface area contributed by atoms with E-state index >= 15 is 0 Å². The number of hydrogen-bond donors (Lipinski definition) is 0. The van der Waals surface area contributed by atoms with Crippen molar-refractivity contribution in [2.45, 2.75) is 0 Å². The molecule has 4 aromatic carbocycles. The van der Waals surface area contributed by atoms with Crippen LogP contribution in [-0.2, 0) is 28.4 Å². The molecule has 6 bridgehead atoms. The summed E-state index contributed by atoms with van der Waals surface area (Å²) in [6.07, 6.45) is 0. The van der Waals surface area contributed by atoms with Gasteiger partial charge in [-0.05, 0) is 72.8 Å². The zero-order valence-corrected chi connectivity index (χ0v) is 37.4. The summed E-state index contributed by atoms with van der Waals surface area (Å²) >= 11 is 0. The molecule has 0 N–H and O–H groups in total. The highest BCUT2D eigenvalue weighted by Crippen LogP contribution is 2.46. The van der Waals surface area contributed by atoms with Gasteiger partial charge in [0, 0.05) is 72.0 Å². The minimum absolute atomic E-state index is 0.0396. The van der Waals surface area contributed by atoms with Crippen LogP contribution in [0.25, 0.3) is 21.5 Å². The third kappa shape index (κ3) is 6.06. The minimum atomic E-state index is -5.77. The maximum absolute atomic E-state index is 14.7. The van der Waals surface area contributed by atoms with Crippen LogP contribution in [0.5, 0.6) is 23.0 Å². The minimum Gasteiger partial charge on any atom is -0.497 e. The maximum atomic E-state index is 14.7. The lowest BCUT2D eigenvalue weighted by molar-refractivity contribution is 0.309. The summed E-state index contributed by atoms with van der Waals surface area (Å²) in [6, 6.07) is 20.6. The molecule has 6 heterocycles. The molecule has 322 valence electrons. The lowest BCUT2D eigenvalue weighted by Crippen LogP contribution is -2.66. The van der Waals surface area contributed by atoms with Crippen LogP contribution < -0.4 is 29.9 Å². The van der Waals surface area contributed by atoms with Gasteiger partial charge in [0.05, 0.1) is 28.4 Å². The molecule has 0 spiro atoms. The Morgan fingerprint density at radius 3 is 1.35 bits per heavy atom. The fourth-order valence-corrected chi connectivity index (χ4v) is 14.5. The molecule has 20 nitrogen and oxygen atoms in total. The van der Waals surface area contributed by atoms with Gasteiger partial charge < -0.3 is 18.9 Å². The van der Waals surface area contributed by atoms with Crippen LogP contribution in [0.3, 0.4) is 0 Å². The SMILES string of the molecule is COc1ccc2c(c1)C1=NC2=Nc2c3cc(OC)ccc3c3n2[Si](OS(=O)(=O)N(C)C)(OS(=O)(=O)N(C)C)n2c(c4ccc(OC)cc4c2=NC2=NC(=N3)c3cc(OC)ccc32)=N1. The first-order chi connectivity index (χ1) is 30.1. The molecule has 0 radical (unpaired) electrons. The molecule has 0 fully saturated rings. The number of benzene rings is 4. The van der Waals surface area contributed by atoms with Gasteiger partial charge >= 0.3 is 29.5 Å². The molecule has 0 aliphatic carbocycles. The van der Waals surface area contributed by atoms with Gasteiger partial charge in [-0.1, -0.05) is 0 Å². The van der Waals surface area contributed by atoms with E-state index in [9.17, 15) is 16.8 Å². The number of amidine groups is 4. The summed E-state index contributed by atoms with van der Waals surface area (Å²) in [7, 11) is -4.67. The van der Waals surface area contributed by atoms with Crippen LogP contribution in [0.4, 0.5) is 11.6 Å². The van der Waals surface area contributed by atoms with Crippen molar-refractivity contribution in [1.29, 1.82) is 0 Å². The second-order valence-electron chi connectivity index (χ2n) is 14.8. The average Bonchev–Trinajstić information content (AvgIpc) is 3.97. The van der Waals surface area contributed by atoms with Gasteiger partial charge in [0.2, 0.25) is 0 Å². The Balaban J connectivity index is 1.56. The molecule has 0 amide bonds. The summed E-state index contributed by atoms with van der Waals surface area (Å²) in [5, 5.41) is 1.38. The fraction of sp³-hybridized carbons (Fsp3) is 0.200. The van der Waals surface area contributed by atoms with Gasteiger partial charge in [0.25, 0.3) is 0 Å². The summed E-state index contributed by atoms with van der Waals surface area (Å²) in [6.45, 7) is 0. The molecular weight excluding hydrogens is 873 g/mol. The molecule has 0 saturated heterocycles. The van der Waals surface area contributed by atoms with Crippen molar-refractivity contribution in [2.75, 3.05) is 56.6 Å². The van der Waals surface area contributed by atoms with E-state index < -0.39 is 29.5 Å². The van der Waals surface area contributed by atoms with Gasteiger partial charge in [0.15, 0.2) is 23.3 Å². The smallest absolute Gasteiger partial charge is 0.497 e. The van der Waals surface area contributed by atoms with Crippen molar-refractivity contribution in [2.24, 2.45) is 30.0 Å². The van der Waals surface area contributed by atoms with Crippen LogP contribution in [0, 0.1) is 0 Å². The van der Waals surface area contributed by atoms with Crippen molar-refractivity contribution >= 4 is 86.0 Å². The van der Waals surface area contributed by atoms with Gasteiger partial charge in [-0.15, -0.1) is 0 Å². The third-order valence-corrected chi connectivity index (χ3v) is 18.0. The quantitative estimate of drug-likeness (QED) is 0.183. The number of ether oxygens (including phenoxy) is 4. The van der Waals surface area contributed by atoms with Gasteiger partial charge in [0.1, 0.15) is 45.6 Å². The highest BCUT2D eigenvalue weighted by Gasteiger charge is 2.60. The topological polar surface area (TPSA) is 214 Å². The van der Waals surface area contributed by atoms with Gasteiger partial charge in [-0.2, -0.15) is 25.4 Å². The summed E-state index contributed by atoms with van der Waals surface area (Å²) < 4.78 is 98.7. The first kappa shape index (κ1) is 40.5. The van der Waals surface area contributed by atoms with Crippen molar-refractivity contribution < 1.29 is 43.5 Å². The molecule has 0 saturated carbocycles. The number of methoxy groups -OCH3 is 4. The van der Waals surface area contributed by atoms with Crippen LogP contribution in [-0.4, -0.2) is 123 Å². The normalized spacial score (nSPS) is 15.8. The van der Waals surface area contributed by atoms with Crippen LogP contribution in [0.2, 0.25) is 0 Å². The standard InChI is InChI=1S/C40H36N10O10S2Si/c1-47(2)61(51,52)59-63(60-62(53,54)48(3)4)49-37-27-15-11-23(57-7)19-31(27)40(49)44-34-26-14-10-22(56-6)18-30(26)36(42-34)46-38-28-16-12-24(58-8)20-32(28)39(50(38)63)43-33-25-13-9-21(55-5)17-29(25)35(41-33)45-37/h9-20H,1-8H3. The Morgan fingerprint density at radius 1 is 0.444 bits per heavy atom. The number of nitrogens with zero attached hydrogens (tertiary/aromatic N) is 10. The molecule has 2 aromatic heterocycles. The second-order valence-corrected chi connectivity index (χ2v) is 21.3. The lowest BCUT2D eigenvalue weighted by Gasteiger charge is -2.33. The van der Waals surface area contributed by atoms with Crippen LogP contribution >= 0.6 is 0 Å². The summed E-state index contributed by atoms with van der Waals surface area (Å²) in [5.74, 6) is 2.20. The van der Waals surface area contributed by atoms with Crippen molar-refractivity contribution in [3.63, 3.8) is 0 Å². The van der Waals surface area contributed by atoms with E-state index in [-0.39, 0.29) is 46.0 Å². The Hall–Kier alpha value is -6.60. The van der Waals surface area contributed by atoms with Gasteiger partial charge in [-0.3, -0.25) is 8.47 Å². The molecule has 0 atom stereocenters. The molecule has 4 aliphatic rings. The van der Waals surface area contributed by atoms with Crippen molar-refractivity contribution in [1.82, 2.24) is 17.1 Å². The number of aromatic nitrogens is 2. The van der Waals surface area contributed by atoms with E-state index in [0.29, 0.717) is 66.8 Å². The molecule has 0 unspecified atom stereocenters. The number of rotatable bonds is 10. The van der Waals surface area contributed by atoms with E-state index in [1.807, 2.05) is 0 Å². The fourth-order valence-electron chi connectivity index (χ4n) is 7.65. The van der Waals surface area contributed by atoms with Crippen molar-refractivity contribution in [3.05, 3.63) is 106 Å². The summed E-state index contributed by atoms with van der Waals surface area (Å²) in [5.41, 5.74) is 2.00. The van der Waals surface area contributed by atoms with E-state index in [1.165, 1.54) is 65.1 Å². The van der Waals surface area contributed by atoms with E-state index in [0.717, 1.165) is 8.61 Å². The number of hydrogen-bond acceptors (Lipinski definition) is 16. The Labute approximate surface area is 360 Å². The Bertz CT molecular complexity index is 3480. The monoisotopic (exact) mass is 908 g/mol. The number of aliphatic imine (C=N–C) groups is 4. The number of fused-ring (bicyclic) bond motifs is 14. The zero-order valence-electron chi connectivity index (χ0n) is 34.8. The zero-order chi connectivity index (χ0) is 44.3. The largest absolute Gasteiger partial charge is 0.634 e. The van der Waals surface area contributed by atoms with E-state index in [2.05, 4.69) is 0 Å². The second kappa shape index (κ2) is 14.2. The Morgan fingerprint density at radius 2 is 0.841 bits per heavy atom. The summed E-state index contributed by atoms with van der Waals surface area (Å²) in [4.78, 5) is 30.6. The molecule has 4 aliphatic heterocycles. The maximum Gasteiger partial charge on any atom is 0.634 e. The third-order valence-electron chi connectivity index (χ3n) is 10.8. The average molecular weight is 909 g/mol.